The lowest BCUT2D eigenvalue weighted by Gasteiger charge is -2.47. The Morgan fingerprint density at radius 1 is 0.262 bits per heavy atom. The Balaban J connectivity index is 1.03. The molecule has 0 amide bonds. The first kappa shape index (κ1) is 66.0. The second-order valence-corrected chi connectivity index (χ2v) is 35.5. The molecule has 0 spiro atoms. The van der Waals surface area contributed by atoms with Crippen LogP contribution in [0.2, 0.25) is 0 Å². The molecule has 5 aliphatic rings. The summed E-state index contributed by atoms with van der Waals surface area (Å²) in [6.45, 7) is 41.9. The Hall–Kier alpha value is -10.3. The van der Waals surface area contributed by atoms with Crippen molar-refractivity contribution in [3.05, 3.63) is 298 Å². The molecule has 0 radical (unpaired) electrons. The van der Waals surface area contributed by atoms with E-state index in [9.17, 15) is 0 Å². The Morgan fingerprint density at radius 2 is 0.641 bits per heavy atom. The van der Waals surface area contributed by atoms with Crippen molar-refractivity contribution >= 4 is 74.3 Å². The molecule has 5 aliphatic heterocycles. The summed E-state index contributed by atoms with van der Waals surface area (Å²) in [5.74, 6) is 3.53. The van der Waals surface area contributed by atoms with Gasteiger partial charge in [-0.05, 0) is 197 Å². The fourth-order valence-electron chi connectivity index (χ4n) is 17.4. The summed E-state index contributed by atoms with van der Waals surface area (Å²) >= 11 is 0. The van der Waals surface area contributed by atoms with Crippen LogP contribution in [0.4, 0.5) is 51.2 Å². The van der Waals surface area contributed by atoms with Crippen molar-refractivity contribution in [1.82, 2.24) is 0 Å². The van der Waals surface area contributed by atoms with Crippen molar-refractivity contribution in [1.29, 1.82) is 0 Å². The largest absolute Gasteiger partial charge is 0.457 e. The lowest BCUT2D eigenvalue weighted by molar-refractivity contribution is 0.418. The van der Waals surface area contributed by atoms with E-state index in [2.05, 4.69) is 382 Å². The number of hydrogen-bond acceptors (Lipinski definition) is 5. The summed E-state index contributed by atoms with van der Waals surface area (Å²) in [6, 6.07) is 93.1. The first-order chi connectivity index (χ1) is 48.8. The smallest absolute Gasteiger partial charge is 0.252 e. The van der Waals surface area contributed by atoms with Crippen LogP contribution in [0.25, 0.3) is 33.4 Å². The minimum absolute atomic E-state index is 0.0367. The van der Waals surface area contributed by atoms with Crippen LogP contribution >= 0.6 is 0 Å². The minimum atomic E-state index is -0.435. The van der Waals surface area contributed by atoms with Gasteiger partial charge >= 0.3 is 0 Å². The molecule has 0 fully saturated rings. The molecule has 5 heterocycles. The van der Waals surface area contributed by atoms with Gasteiger partial charge in [0.15, 0.2) is 0 Å². The highest BCUT2D eigenvalue weighted by molar-refractivity contribution is 7.00. The third-order valence-corrected chi connectivity index (χ3v) is 23.6. The topological polar surface area (TPSA) is 28.2 Å². The van der Waals surface area contributed by atoms with Crippen molar-refractivity contribution in [2.75, 3.05) is 14.7 Å². The summed E-state index contributed by atoms with van der Waals surface area (Å²) in [5.41, 5.74) is 31.3. The number of para-hydroxylation sites is 4. The van der Waals surface area contributed by atoms with E-state index in [1.54, 1.807) is 0 Å². The van der Waals surface area contributed by atoms with Crippen molar-refractivity contribution in [2.45, 2.75) is 163 Å². The molecule has 6 heteroatoms. The summed E-state index contributed by atoms with van der Waals surface area (Å²) in [7, 11) is 0. The molecule has 17 rings (SSSR count). The fraction of sp³-hybridized carbons (Fsp3) is 0.258. The number of benzene rings is 12. The zero-order valence-corrected chi connectivity index (χ0v) is 63.3. The van der Waals surface area contributed by atoms with E-state index in [0.717, 1.165) is 96.0 Å². The monoisotopic (exact) mass is 1340 g/mol. The van der Waals surface area contributed by atoms with Crippen molar-refractivity contribution in [3.63, 3.8) is 0 Å². The zero-order valence-electron chi connectivity index (χ0n) is 63.3. The van der Waals surface area contributed by atoms with E-state index in [0.29, 0.717) is 0 Å². The minimum Gasteiger partial charge on any atom is -0.457 e. The van der Waals surface area contributed by atoms with Crippen molar-refractivity contribution in [2.24, 2.45) is 0 Å². The predicted molar refractivity (Wildman–Crippen MR) is 436 cm³/mol. The summed E-state index contributed by atoms with van der Waals surface area (Å²) in [6.07, 6.45) is 0. The lowest BCUT2D eigenvalue weighted by atomic mass is 9.33. The van der Waals surface area contributed by atoms with Gasteiger partial charge in [-0.2, -0.15) is 0 Å². The van der Waals surface area contributed by atoms with Gasteiger partial charge in [0.05, 0.1) is 22.7 Å². The molecule has 0 bridgehead atoms. The standard InChI is InChI=1S/C97H94BN3O2/c1-91(2,3)63-41-36-59(37-42-63)68-53-65(93(7,8)9)45-48-78(68)100-82-55-74-88(102-86-34-26-23-31-71(86)96(74,15)16)57-76(82)98-77-58-89-75(97(17,18)72-32-24-27-35-87(72)103-89)56-83(77)101(79-49-46-66(94(10,11)12)54-69(79)60-38-43-64(44-39-60)92(4,5)6)85-52-62(51-84(100)90(85)98)61-40-47-81-73(50-61)95(13,14)70-30-22-25-33-80(70)99(81)67-28-20-19-21-29-67/h19-58H,1-18H3. The van der Waals surface area contributed by atoms with Crippen LogP contribution in [0.15, 0.2) is 243 Å². The van der Waals surface area contributed by atoms with Gasteiger partial charge in [0.1, 0.15) is 23.0 Å². The third kappa shape index (κ3) is 10.5. The molecule has 0 saturated carbocycles. The van der Waals surface area contributed by atoms with Gasteiger partial charge in [-0.1, -0.05) is 264 Å². The molecule has 0 atom stereocenters. The van der Waals surface area contributed by atoms with Gasteiger partial charge in [0, 0.05) is 78.1 Å². The molecular formula is C97H94BN3O2. The summed E-state index contributed by atoms with van der Waals surface area (Å²) < 4.78 is 14.7. The van der Waals surface area contributed by atoms with E-state index >= 15 is 0 Å². The Morgan fingerprint density at radius 3 is 1.10 bits per heavy atom. The predicted octanol–water partition coefficient (Wildman–Crippen LogP) is 24.9. The van der Waals surface area contributed by atoms with Gasteiger partial charge in [-0.15, -0.1) is 0 Å². The van der Waals surface area contributed by atoms with E-state index in [1.165, 1.54) is 83.6 Å². The molecule has 0 unspecified atom stereocenters. The molecule has 0 aliphatic carbocycles. The maximum atomic E-state index is 7.34. The lowest BCUT2D eigenvalue weighted by Crippen LogP contribution is -2.61. The number of anilines is 9. The SMILES string of the molecule is CC(C)(C)c1ccc(-c2cc(C(C)(C)C)ccc2N2c3cc4c(cc3B3c5cc6c(cc5N(c5ccc(C(C)(C)C)cc5-c5ccc(C(C)(C)C)cc5)c5cc(-c7ccc8c(c7)C(C)(C)c7ccccc7N8c7ccccc7)cc2c53)C(C)(C)c2ccccc2O6)Oc2ccccc2C4(C)C)cc1. The number of nitrogens with zero attached hydrogens (tertiary/aromatic N) is 3. The van der Waals surface area contributed by atoms with Gasteiger partial charge < -0.3 is 24.2 Å². The van der Waals surface area contributed by atoms with Crippen molar-refractivity contribution in [3.8, 4) is 56.4 Å². The van der Waals surface area contributed by atoms with Gasteiger partial charge in [-0.3, -0.25) is 0 Å². The van der Waals surface area contributed by atoms with Crippen molar-refractivity contribution < 1.29 is 9.47 Å². The zero-order chi connectivity index (χ0) is 72.0. The summed E-state index contributed by atoms with van der Waals surface area (Å²) in [5, 5.41) is 0. The molecule has 0 N–H and O–H groups in total. The van der Waals surface area contributed by atoms with Crippen LogP contribution in [0.3, 0.4) is 0 Å². The fourth-order valence-corrected chi connectivity index (χ4v) is 17.4. The highest BCUT2D eigenvalue weighted by Gasteiger charge is 2.49. The van der Waals surface area contributed by atoms with Crippen LogP contribution in [0.5, 0.6) is 23.0 Å². The number of fused-ring (bicyclic) bond motifs is 10. The molecule has 5 nitrogen and oxygen atoms in total. The van der Waals surface area contributed by atoms with Crippen LogP contribution < -0.4 is 40.6 Å². The molecular weight excluding hydrogens is 1250 g/mol. The van der Waals surface area contributed by atoms with Crippen LogP contribution in [0, 0.1) is 0 Å². The van der Waals surface area contributed by atoms with Gasteiger partial charge in [0.2, 0.25) is 0 Å². The first-order valence-corrected chi connectivity index (χ1v) is 37.2. The van der Waals surface area contributed by atoms with Crippen LogP contribution in [-0.2, 0) is 37.9 Å². The average Bonchev–Trinajstić information content (AvgIpc) is 0.684. The second kappa shape index (κ2) is 22.9. The normalized spacial score (nSPS) is 15.6. The summed E-state index contributed by atoms with van der Waals surface area (Å²) in [4.78, 5) is 7.82. The Kier molecular flexibility index (Phi) is 14.6. The van der Waals surface area contributed by atoms with E-state index in [-0.39, 0.29) is 33.8 Å². The quantitative estimate of drug-likeness (QED) is 0.155. The number of hydrogen-bond donors (Lipinski definition) is 0. The van der Waals surface area contributed by atoms with E-state index in [4.69, 9.17) is 9.47 Å². The third-order valence-electron chi connectivity index (χ3n) is 23.6. The van der Waals surface area contributed by atoms with E-state index in [1.807, 2.05) is 0 Å². The van der Waals surface area contributed by atoms with Crippen LogP contribution in [-0.4, -0.2) is 6.71 Å². The maximum Gasteiger partial charge on any atom is 0.252 e. The molecule has 103 heavy (non-hydrogen) atoms. The Bertz CT molecular complexity index is 5210. The highest BCUT2D eigenvalue weighted by atomic mass is 16.5. The van der Waals surface area contributed by atoms with Gasteiger partial charge in [-0.25, -0.2) is 0 Å². The average molecular weight is 1340 g/mol. The molecule has 0 saturated heterocycles. The second-order valence-electron chi connectivity index (χ2n) is 35.5. The van der Waals surface area contributed by atoms with E-state index < -0.39 is 10.8 Å². The number of rotatable bonds is 6. The molecule has 0 aromatic heterocycles. The van der Waals surface area contributed by atoms with Crippen LogP contribution in [0.1, 0.15) is 180 Å². The number of ether oxygens (including phenoxy) is 2. The molecule has 512 valence electrons. The highest BCUT2D eigenvalue weighted by Crippen LogP contribution is 2.59. The molecule has 12 aromatic rings. The Labute approximate surface area is 611 Å². The first-order valence-electron chi connectivity index (χ1n) is 37.2. The maximum absolute atomic E-state index is 7.34. The van der Waals surface area contributed by atoms with Gasteiger partial charge in [0.25, 0.3) is 6.71 Å². The molecule has 12 aromatic carbocycles.